The Kier molecular flexibility index (Phi) is 7.24. The molecule has 1 aromatic heterocycles. The molecule has 5 nitrogen and oxygen atoms in total. The lowest BCUT2D eigenvalue weighted by Gasteiger charge is -2.18. The van der Waals surface area contributed by atoms with Gasteiger partial charge in [0.25, 0.3) is 0 Å². The lowest BCUT2D eigenvalue weighted by Crippen LogP contribution is -2.30. The van der Waals surface area contributed by atoms with Crippen molar-refractivity contribution in [1.29, 1.82) is 0 Å². The number of hydrogen-bond donors (Lipinski definition) is 1. The summed E-state index contributed by atoms with van der Waals surface area (Å²) in [5, 5.41) is 2.73. The summed E-state index contributed by atoms with van der Waals surface area (Å²) in [6.07, 6.45) is 0.00783. The molecule has 1 heterocycles. The number of ketones is 1. The van der Waals surface area contributed by atoms with Crippen LogP contribution in [0.1, 0.15) is 51.0 Å². The molecule has 0 aliphatic heterocycles. The second-order valence-corrected chi connectivity index (χ2v) is 7.66. The molecule has 0 bridgehead atoms. The van der Waals surface area contributed by atoms with Crippen LogP contribution in [0.25, 0.3) is 0 Å². The number of amides is 1. The highest BCUT2D eigenvalue weighted by molar-refractivity contribution is 7.12. The van der Waals surface area contributed by atoms with E-state index < -0.39 is 17.8 Å². The number of esters is 1. The van der Waals surface area contributed by atoms with Crippen LogP contribution in [0.3, 0.4) is 0 Å². The van der Waals surface area contributed by atoms with Crippen molar-refractivity contribution in [1.82, 2.24) is 5.32 Å². The molecule has 1 unspecified atom stereocenters. The standard InChI is InChI=1S/C20H22FNO4S/c1-12-10-16(13(2)27-12)18(23)8-9-19(24)22-17(11-20(25)26-3)14-4-6-15(21)7-5-14/h4-7,10,17H,8-9,11H2,1-3H3,(H,22,24). The van der Waals surface area contributed by atoms with Crippen molar-refractivity contribution in [3.05, 3.63) is 57.0 Å². The summed E-state index contributed by atoms with van der Waals surface area (Å²) in [6.45, 7) is 3.81. The highest BCUT2D eigenvalue weighted by Gasteiger charge is 2.20. The Morgan fingerprint density at radius 3 is 2.37 bits per heavy atom. The van der Waals surface area contributed by atoms with Gasteiger partial charge in [-0.25, -0.2) is 4.39 Å². The van der Waals surface area contributed by atoms with Gasteiger partial charge in [0.15, 0.2) is 5.78 Å². The van der Waals surface area contributed by atoms with E-state index in [1.807, 2.05) is 19.9 Å². The van der Waals surface area contributed by atoms with Crippen molar-refractivity contribution in [2.45, 2.75) is 39.2 Å². The Labute approximate surface area is 161 Å². The van der Waals surface area contributed by atoms with Gasteiger partial charge >= 0.3 is 5.97 Å². The summed E-state index contributed by atoms with van der Waals surface area (Å²) in [6, 6.07) is 6.72. The molecule has 0 fully saturated rings. The van der Waals surface area contributed by atoms with E-state index in [2.05, 4.69) is 10.1 Å². The van der Waals surface area contributed by atoms with Crippen molar-refractivity contribution in [3.63, 3.8) is 0 Å². The molecule has 1 N–H and O–H groups in total. The van der Waals surface area contributed by atoms with Gasteiger partial charge in [-0.1, -0.05) is 12.1 Å². The fourth-order valence-corrected chi connectivity index (χ4v) is 3.68. The van der Waals surface area contributed by atoms with Gasteiger partial charge in [-0.05, 0) is 37.6 Å². The first-order chi connectivity index (χ1) is 12.8. The zero-order chi connectivity index (χ0) is 20.0. The number of Topliss-reactive ketones (excluding diaryl/α,β-unsaturated/α-hetero) is 1. The van der Waals surface area contributed by atoms with Gasteiger partial charge in [-0.3, -0.25) is 14.4 Å². The third-order valence-corrected chi connectivity index (χ3v) is 5.09. The van der Waals surface area contributed by atoms with Crippen LogP contribution in [-0.2, 0) is 14.3 Å². The minimum atomic E-state index is -0.647. The monoisotopic (exact) mass is 391 g/mol. The van der Waals surface area contributed by atoms with Crippen molar-refractivity contribution in [2.75, 3.05) is 7.11 Å². The summed E-state index contributed by atoms with van der Waals surface area (Å²) in [5.41, 5.74) is 1.24. The second-order valence-electron chi connectivity index (χ2n) is 6.20. The van der Waals surface area contributed by atoms with Crippen LogP contribution in [0, 0.1) is 19.7 Å². The average molecular weight is 391 g/mol. The molecule has 2 rings (SSSR count). The Morgan fingerprint density at radius 1 is 1.15 bits per heavy atom. The molecule has 0 saturated carbocycles. The van der Waals surface area contributed by atoms with Crippen molar-refractivity contribution < 1.29 is 23.5 Å². The first-order valence-electron chi connectivity index (χ1n) is 8.52. The molecule has 1 aromatic carbocycles. The molecule has 1 atom stereocenters. The molecule has 0 spiro atoms. The number of carbonyl (C=O) groups is 3. The molecule has 7 heteroatoms. The molecule has 0 radical (unpaired) electrons. The van der Waals surface area contributed by atoms with Crippen LogP contribution in [0.4, 0.5) is 4.39 Å². The fourth-order valence-electron chi connectivity index (χ4n) is 2.73. The lowest BCUT2D eigenvalue weighted by molar-refractivity contribution is -0.141. The fraction of sp³-hybridized carbons (Fsp3) is 0.350. The van der Waals surface area contributed by atoms with Crippen LogP contribution in [0.15, 0.2) is 30.3 Å². The minimum Gasteiger partial charge on any atom is -0.469 e. The summed E-state index contributed by atoms with van der Waals surface area (Å²) < 4.78 is 17.8. The van der Waals surface area contributed by atoms with E-state index in [4.69, 9.17) is 0 Å². The van der Waals surface area contributed by atoms with Crippen LogP contribution >= 0.6 is 11.3 Å². The number of methoxy groups -OCH3 is 1. The Balaban J connectivity index is 2.00. The smallest absolute Gasteiger partial charge is 0.307 e. The van der Waals surface area contributed by atoms with Crippen molar-refractivity contribution in [3.8, 4) is 0 Å². The summed E-state index contributed by atoms with van der Waals surface area (Å²) in [5.74, 6) is -1.34. The number of benzene rings is 1. The molecular weight excluding hydrogens is 369 g/mol. The van der Waals surface area contributed by atoms with E-state index in [1.54, 1.807) is 11.3 Å². The predicted molar refractivity (Wildman–Crippen MR) is 101 cm³/mol. The summed E-state index contributed by atoms with van der Waals surface area (Å²) in [7, 11) is 1.26. The molecular formula is C20H22FNO4S. The molecule has 27 heavy (non-hydrogen) atoms. The van der Waals surface area contributed by atoms with Gasteiger partial charge in [0.2, 0.25) is 5.91 Å². The van der Waals surface area contributed by atoms with Crippen LogP contribution in [0.2, 0.25) is 0 Å². The topological polar surface area (TPSA) is 72.5 Å². The third kappa shape index (κ3) is 5.99. The molecule has 2 aromatic rings. The van der Waals surface area contributed by atoms with E-state index >= 15 is 0 Å². The van der Waals surface area contributed by atoms with E-state index in [0.29, 0.717) is 11.1 Å². The Bertz CT molecular complexity index is 829. The highest BCUT2D eigenvalue weighted by Crippen LogP contribution is 2.23. The number of ether oxygens (including phenoxy) is 1. The number of hydrogen-bond acceptors (Lipinski definition) is 5. The Morgan fingerprint density at radius 2 is 1.81 bits per heavy atom. The SMILES string of the molecule is COC(=O)CC(NC(=O)CCC(=O)c1cc(C)sc1C)c1ccc(F)cc1. The molecule has 0 saturated heterocycles. The van der Waals surface area contributed by atoms with E-state index in [-0.39, 0.29) is 31.0 Å². The first-order valence-corrected chi connectivity index (χ1v) is 9.33. The van der Waals surface area contributed by atoms with E-state index in [0.717, 1.165) is 9.75 Å². The van der Waals surface area contributed by atoms with Gasteiger partial charge in [0, 0.05) is 28.2 Å². The number of aryl methyl sites for hydroxylation is 2. The number of carbonyl (C=O) groups excluding carboxylic acids is 3. The first kappa shape index (κ1) is 20.8. The quantitative estimate of drug-likeness (QED) is 0.547. The zero-order valence-corrected chi connectivity index (χ0v) is 16.3. The number of nitrogens with one attached hydrogen (secondary N) is 1. The summed E-state index contributed by atoms with van der Waals surface area (Å²) >= 11 is 1.55. The lowest BCUT2D eigenvalue weighted by atomic mass is 10.0. The van der Waals surface area contributed by atoms with Crippen LogP contribution in [0.5, 0.6) is 0 Å². The molecule has 1 amide bonds. The minimum absolute atomic E-state index is 0.00599. The Hall–Kier alpha value is -2.54. The van der Waals surface area contributed by atoms with Crippen LogP contribution < -0.4 is 5.32 Å². The normalized spacial score (nSPS) is 11.7. The number of thiophene rings is 1. The molecule has 0 aliphatic rings. The van der Waals surface area contributed by atoms with Crippen molar-refractivity contribution >= 4 is 29.0 Å². The van der Waals surface area contributed by atoms with E-state index in [9.17, 15) is 18.8 Å². The van der Waals surface area contributed by atoms with Gasteiger partial charge in [0.05, 0.1) is 19.6 Å². The second kappa shape index (κ2) is 9.41. The molecule has 0 aliphatic carbocycles. The third-order valence-electron chi connectivity index (χ3n) is 4.13. The highest BCUT2D eigenvalue weighted by atomic mass is 32.1. The maximum Gasteiger partial charge on any atom is 0.307 e. The number of halogens is 1. The zero-order valence-electron chi connectivity index (χ0n) is 15.5. The average Bonchev–Trinajstić information content (AvgIpc) is 2.98. The predicted octanol–water partition coefficient (Wildman–Crippen LogP) is 3.89. The number of rotatable bonds is 8. The van der Waals surface area contributed by atoms with Gasteiger partial charge in [-0.2, -0.15) is 0 Å². The van der Waals surface area contributed by atoms with Gasteiger partial charge in [0.1, 0.15) is 5.82 Å². The maximum atomic E-state index is 13.1. The van der Waals surface area contributed by atoms with Gasteiger partial charge in [-0.15, -0.1) is 11.3 Å². The van der Waals surface area contributed by atoms with Gasteiger partial charge < -0.3 is 10.1 Å². The molecule has 144 valence electrons. The van der Waals surface area contributed by atoms with Crippen LogP contribution in [-0.4, -0.2) is 24.8 Å². The summed E-state index contributed by atoms with van der Waals surface area (Å²) in [4.78, 5) is 38.2. The van der Waals surface area contributed by atoms with Crippen molar-refractivity contribution in [2.24, 2.45) is 0 Å². The maximum absolute atomic E-state index is 13.1. The largest absolute Gasteiger partial charge is 0.469 e. The van der Waals surface area contributed by atoms with E-state index in [1.165, 1.54) is 31.4 Å².